The van der Waals surface area contributed by atoms with Crippen molar-refractivity contribution in [1.82, 2.24) is 10.3 Å². The van der Waals surface area contributed by atoms with Crippen LogP contribution in [-0.4, -0.2) is 28.0 Å². The molecule has 1 N–H and O–H groups in total. The minimum atomic E-state index is -0.450. The zero-order chi connectivity index (χ0) is 21.6. The molecule has 1 saturated heterocycles. The van der Waals surface area contributed by atoms with Gasteiger partial charge in [0.05, 0.1) is 18.1 Å². The lowest BCUT2D eigenvalue weighted by Crippen LogP contribution is -2.30. The molecule has 0 spiro atoms. The van der Waals surface area contributed by atoms with Crippen LogP contribution in [0.15, 0.2) is 63.9 Å². The van der Waals surface area contributed by atoms with Gasteiger partial charge in [0.25, 0.3) is 5.24 Å². The third-order valence-electron chi connectivity index (χ3n) is 4.78. The zero-order valence-corrected chi connectivity index (χ0v) is 18.6. The van der Waals surface area contributed by atoms with Gasteiger partial charge in [0.15, 0.2) is 0 Å². The Labute approximate surface area is 189 Å². The Balaban J connectivity index is 1.24. The molecular weight excluding hydrogens is 432 g/mol. The van der Waals surface area contributed by atoms with Crippen LogP contribution in [0.1, 0.15) is 22.9 Å². The van der Waals surface area contributed by atoms with Gasteiger partial charge in [0, 0.05) is 29.5 Å². The molecule has 2 aromatic carbocycles. The summed E-state index contributed by atoms with van der Waals surface area (Å²) in [4.78, 5) is 28.8. The summed E-state index contributed by atoms with van der Waals surface area (Å²) in [6.07, 6.45) is 1.15. The Bertz CT molecular complexity index is 1050. The van der Waals surface area contributed by atoms with Crippen LogP contribution in [0, 0.1) is 6.92 Å². The van der Waals surface area contributed by atoms with E-state index < -0.39 is 6.04 Å². The van der Waals surface area contributed by atoms with Gasteiger partial charge in [0.2, 0.25) is 11.0 Å². The van der Waals surface area contributed by atoms with E-state index in [1.165, 1.54) is 4.90 Å². The molecule has 1 aliphatic rings. The molecule has 4 rings (SSSR count). The van der Waals surface area contributed by atoms with Gasteiger partial charge in [-0.25, -0.2) is 4.98 Å². The van der Waals surface area contributed by atoms with Crippen molar-refractivity contribution >= 4 is 33.9 Å². The Morgan fingerprint density at radius 2 is 1.90 bits per heavy atom. The van der Waals surface area contributed by atoms with Crippen molar-refractivity contribution in [2.45, 2.75) is 36.5 Å². The number of aromatic nitrogens is 1. The maximum atomic E-state index is 11.7. The van der Waals surface area contributed by atoms with Crippen molar-refractivity contribution in [3.05, 3.63) is 77.5 Å². The van der Waals surface area contributed by atoms with E-state index in [0.29, 0.717) is 25.2 Å². The van der Waals surface area contributed by atoms with Gasteiger partial charge in [-0.3, -0.25) is 9.59 Å². The molecule has 1 fully saturated rings. The van der Waals surface area contributed by atoms with Crippen molar-refractivity contribution in [3.63, 3.8) is 0 Å². The number of hydrogen-bond donors (Lipinski definition) is 1. The number of ether oxygens (including phenoxy) is 1. The van der Waals surface area contributed by atoms with E-state index in [1.807, 2.05) is 49.4 Å². The molecule has 8 heteroatoms. The third-order valence-corrected chi connectivity index (χ3v) is 6.57. The molecule has 160 valence electrons. The second-order valence-electron chi connectivity index (χ2n) is 7.06. The van der Waals surface area contributed by atoms with Crippen molar-refractivity contribution in [2.75, 3.05) is 6.61 Å². The predicted octanol–water partition coefficient (Wildman–Crippen LogP) is 4.79. The molecule has 1 aromatic heterocycles. The Morgan fingerprint density at radius 3 is 2.61 bits per heavy atom. The predicted molar refractivity (Wildman–Crippen MR) is 122 cm³/mol. The number of thioether (sulfide) groups is 2. The topological polar surface area (TPSA) is 81.4 Å². The van der Waals surface area contributed by atoms with Gasteiger partial charge in [0.1, 0.15) is 17.6 Å². The van der Waals surface area contributed by atoms with Gasteiger partial charge in [-0.1, -0.05) is 30.3 Å². The smallest absolute Gasteiger partial charge is 0.287 e. The highest BCUT2D eigenvalue weighted by atomic mass is 32.2. The second kappa shape index (κ2) is 10.1. The van der Waals surface area contributed by atoms with E-state index in [-0.39, 0.29) is 10.4 Å². The maximum Gasteiger partial charge on any atom is 0.287 e. The summed E-state index contributed by atoms with van der Waals surface area (Å²) in [5.41, 5.74) is 1.88. The fourth-order valence-electron chi connectivity index (χ4n) is 3.19. The lowest BCUT2D eigenvalue weighted by molar-refractivity contribution is -0.112. The summed E-state index contributed by atoms with van der Waals surface area (Å²) < 4.78 is 11.6. The van der Waals surface area contributed by atoms with E-state index in [1.54, 1.807) is 11.8 Å². The largest absolute Gasteiger partial charge is 0.493 e. The maximum absolute atomic E-state index is 11.7. The first kappa shape index (κ1) is 21.5. The third kappa shape index (κ3) is 5.92. The van der Waals surface area contributed by atoms with Gasteiger partial charge < -0.3 is 14.5 Å². The minimum Gasteiger partial charge on any atom is -0.493 e. The number of carbonyl (C=O) groups is 2. The highest BCUT2D eigenvalue weighted by Crippen LogP contribution is 2.24. The normalized spacial score (nSPS) is 15.8. The fourth-order valence-corrected chi connectivity index (χ4v) is 4.63. The van der Waals surface area contributed by atoms with Crippen molar-refractivity contribution in [2.24, 2.45) is 0 Å². The lowest BCUT2D eigenvalue weighted by Gasteiger charge is -2.09. The SMILES string of the molecule is Cc1oc(CSc2ccccc2)nc1CCOc1ccc(CC2NC(=O)SC2=O)cc1. The summed E-state index contributed by atoms with van der Waals surface area (Å²) in [5, 5.41) is 2.26. The minimum absolute atomic E-state index is 0.130. The molecule has 0 saturated carbocycles. The quantitative estimate of drug-likeness (QED) is 0.466. The van der Waals surface area contributed by atoms with Crippen LogP contribution in [0.3, 0.4) is 0 Å². The van der Waals surface area contributed by atoms with Gasteiger partial charge in [-0.2, -0.15) is 0 Å². The molecule has 0 radical (unpaired) electrons. The summed E-state index contributed by atoms with van der Waals surface area (Å²) in [7, 11) is 0. The monoisotopic (exact) mass is 454 g/mol. The standard InChI is InChI=1S/C23H22N2O4S2/c1-15-19(24-21(29-15)14-30-18-5-3-2-4-6-18)11-12-28-17-9-7-16(8-10-17)13-20-22(26)31-23(27)25-20/h2-10,20H,11-14H2,1H3,(H,25,27). The number of amides is 1. The van der Waals surface area contributed by atoms with Crippen LogP contribution in [0.2, 0.25) is 0 Å². The molecule has 1 atom stereocenters. The average Bonchev–Trinajstić information content (AvgIpc) is 3.29. The molecule has 1 unspecified atom stereocenters. The number of nitrogens with one attached hydrogen (secondary N) is 1. The van der Waals surface area contributed by atoms with Crippen molar-refractivity contribution < 1.29 is 18.7 Å². The van der Waals surface area contributed by atoms with Gasteiger partial charge in [-0.15, -0.1) is 11.8 Å². The van der Waals surface area contributed by atoms with E-state index in [4.69, 9.17) is 9.15 Å². The first-order valence-corrected chi connectivity index (χ1v) is 11.7. The first-order chi connectivity index (χ1) is 15.1. The molecule has 0 bridgehead atoms. The molecule has 31 heavy (non-hydrogen) atoms. The summed E-state index contributed by atoms with van der Waals surface area (Å²) in [6.45, 7) is 2.42. The van der Waals surface area contributed by atoms with Crippen molar-refractivity contribution in [1.29, 1.82) is 0 Å². The Morgan fingerprint density at radius 1 is 1.13 bits per heavy atom. The highest BCUT2D eigenvalue weighted by Gasteiger charge is 2.31. The van der Waals surface area contributed by atoms with E-state index in [9.17, 15) is 9.59 Å². The zero-order valence-electron chi connectivity index (χ0n) is 17.0. The number of rotatable bonds is 9. The lowest BCUT2D eigenvalue weighted by atomic mass is 10.1. The number of oxazole rings is 1. The van der Waals surface area contributed by atoms with E-state index in [0.717, 1.165) is 40.4 Å². The van der Waals surface area contributed by atoms with Crippen LogP contribution in [-0.2, 0) is 23.4 Å². The number of carbonyl (C=O) groups excluding carboxylic acids is 2. The molecular formula is C23H22N2O4S2. The Kier molecular flexibility index (Phi) is 6.99. The van der Waals surface area contributed by atoms with Crippen LogP contribution < -0.4 is 10.1 Å². The van der Waals surface area contributed by atoms with E-state index >= 15 is 0 Å². The number of benzene rings is 2. The van der Waals surface area contributed by atoms with E-state index in [2.05, 4.69) is 22.4 Å². The van der Waals surface area contributed by atoms with Crippen LogP contribution >= 0.6 is 23.5 Å². The molecule has 0 aliphatic carbocycles. The van der Waals surface area contributed by atoms with Gasteiger partial charge in [-0.05, 0) is 36.8 Å². The molecule has 1 aliphatic heterocycles. The molecule has 3 aromatic rings. The molecule has 2 heterocycles. The van der Waals surface area contributed by atoms with Crippen LogP contribution in [0.5, 0.6) is 5.75 Å². The van der Waals surface area contributed by atoms with Gasteiger partial charge >= 0.3 is 0 Å². The van der Waals surface area contributed by atoms with Crippen molar-refractivity contribution in [3.8, 4) is 5.75 Å². The summed E-state index contributed by atoms with van der Waals surface area (Å²) in [6, 6.07) is 17.3. The second-order valence-corrected chi connectivity index (χ2v) is 9.09. The molecule has 1 amide bonds. The van der Waals surface area contributed by atoms with Crippen LogP contribution in [0.4, 0.5) is 4.79 Å². The Hall–Kier alpha value is -2.71. The first-order valence-electron chi connectivity index (χ1n) is 9.94. The molecule has 6 nitrogen and oxygen atoms in total. The number of aryl methyl sites for hydroxylation is 1. The number of hydrogen-bond acceptors (Lipinski definition) is 7. The average molecular weight is 455 g/mol. The summed E-state index contributed by atoms with van der Waals surface area (Å²) >= 11 is 2.43. The number of nitrogens with zero attached hydrogens (tertiary/aromatic N) is 1. The fraction of sp³-hybridized carbons (Fsp3) is 0.261. The highest BCUT2D eigenvalue weighted by molar-refractivity contribution is 8.26. The summed E-state index contributed by atoms with van der Waals surface area (Å²) in [5.74, 6) is 2.98. The van der Waals surface area contributed by atoms with Crippen LogP contribution in [0.25, 0.3) is 0 Å².